The summed E-state index contributed by atoms with van der Waals surface area (Å²) in [5.74, 6) is -0.323. The van der Waals surface area contributed by atoms with Gasteiger partial charge in [0.1, 0.15) is 0 Å². The first-order valence-electron chi connectivity index (χ1n) is 5.64. The van der Waals surface area contributed by atoms with Crippen molar-refractivity contribution in [2.45, 2.75) is 38.8 Å². The third kappa shape index (κ3) is 3.37. The number of rotatable bonds is 3. The van der Waals surface area contributed by atoms with Crippen LogP contribution in [-0.2, 0) is 0 Å². The number of aliphatic hydroxyl groups is 1. The molecule has 0 aliphatic carbocycles. The number of nitrogens with two attached hydrogens (primary N) is 1. The molecule has 0 saturated heterocycles. The minimum atomic E-state index is -1.05. The fourth-order valence-electron chi connectivity index (χ4n) is 1.25. The topological polar surface area (TPSA) is 75.3 Å². The largest absolute Gasteiger partial charge is 0.399 e. The van der Waals surface area contributed by atoms with E-state index in [0.717, 1.165) is 0 Å². The molecule has 1 aromatic rings. The lowest BCUT2D eigenvalue weighted by molar-refractivity contribution is -0.00292. The van der Waals surface area contributed by atoms with Gasteiger partial charge in [0, 0.05) is 16.3 Å². The Bertz CT molecular complexity index is 444. The maximum absolute atomic E-state index is 12.1. The Hall–Kier alpha value is -1.26. The predicted octanol–water partition coefficient (Wildman–Crippen LogP) is 2.20. The zero-order valence-corrected chi connectivity index (χ0v) is 11.8. The quantitative estimate of drug-likeness (QED) is 0.737. The van der Waals surface area contributed by atoms with Crippen LogP contribution in [0.25, 0.3) is 0 Å². The number of halogens is 1. The first-order chi connectivity index (χ1) is 8.03. The molecule has 1 aromatic carbocycles. The Morgan fingerprint density at radius 3 is 2.28 bits per heavy atom. The monoisotopic (exact) mass is 270 g/mol. The minimum Gasteiger partial charge on any atom is -0.399 e. The number of hydrogen-bond acceptors (Lipinski definition) is 3. The summed E-state index contributed by atoms with van der Waals surface area (Å²) in [5.41, 5.74) is 4.60. The van der Waals surface area contributed by atoms with Crippen molar-refractivity contribution in [3.63, 3.8) is 0 Å². The maximum atomic E-state index is 12.1. The van der Waals surface area contributed by atoms with E-state index in [1.165, 1.54) is 6.07 Å². The first kappa shape index (κ1) is 14.8. The highest BCUT2D eigenvalue weighted by Crippen LogP contribution is 2.22. The molecule has 100 valence electrons. The Kier molecular flexibility index (Phi) is 3.93. The van der Waals surface area contributed by atoms with Crippen LogP contribution >= 0.6 is 11.6 Å². The Labute approximate surface area is 112 Å². The molecule has 4 nitrogen and oxygen atoms in total. The van der Waals surface area contributed by atoms with E-state index in [-0.39, 0.29) is 5.91 Å². The zero-order chi connectivity index (χ0) is 14.1. The van der Waals surface area contributed by atoms with Crippen LogP contribution in [0.4, 0.5) is 5.69 Å². The Morgan fingerprint density at radius 1 is 1.28 bits per heavy atom. The summed E-state index contributed by atoms with van der Waals surface area (Å²) in [6, 6.07) is 4.65. The molecule has 0 atom stereocenters. The molecule has 1 amide bonds. The van der Waals surface area contributed by atoms with Crippen molar-refractivity contribution < 1.29 is 9.90 Å². The number of carbonyl (C=O) groups excluding carboxylic acids is 1. The molecule has 0 radical (unpaired) electrons. The molecule has 0 aromatic heterocycles. The van der Waals surface area contributed by atoms with Crippen LogP contribution in [0, 0.1) is 0 Å². The SMILES string of the molecule is CC(C)(O)C(C)(C)NC(=O)c1cc(N)cc(Cl)c1. The molecular weight excluding hydrogens is 252 g/mol. The Balaban J connectivity index is 2.96. The van der Waals surface area contributed by atoms with Crippen molar-refractivity contribution in [3.05, 3.63) is 28.8 Å². The van der Waals surface area contributed by atoms with E-state index < -0.39 is 11.1 Å². The van der Waals surface area contributed by atoms with Gasteiger partial charge in [0.25, 0.3) is 5.91 Å². The van der Waals surface area contributed by atoms with Crippen LogP contribution in [0.1, 0.15) is 38.1 Å². The molecule has 4 N–H and O–H groups in total. The number of benzene rings is 1. The van der Waals surface area contributed by atoms with Gasteiger partial charge in [-0.3, -0.25) is 4.79 Å². The van der Waals surface area contributed by atoms with Crippen molar-refractivity contribution in [1.29, 1.82) is 0 Å². The van der Waals surface area contributed by atoms with Gasteiger partial charge in [-0.2, -0.15) is 0 Å². The fraction of sp³-hybridized carbons (Fsp3) is 0.462. The van der Waals surface area contributed by atoms with Gasteiger partial charge in [0.05, 0.1) is 11.1 Å². The summed E-state index contributed by atoms with van der Waals surface area (Å²) in [7, 11) is 0. The number of amides is 1. The average Bonchev–Trinajstić information content (AvgIpc) is 2.13. The van der Waals surface area contributed by atoms with Gasteiger partial charge in [-0.1, -0.05) is 11.6 Å². The molecule has 0 bridgehead atoms. The van der Waals surface area contributed by atoms with Crippen LogP contribution in [0.2, 0.25) is 5.02 Å². The molecule has 0 aliphatic heterocycles. The highest BCUT2D eigenvalue weighted by Gasteiger charge is 2.36. The molecule has 0 saturated carbocycles. The van der Waals surface area contributed by atoms with Crippen LogP contribution < -0.4 is 11.1 Å². The first-order valence-corrected chi connectivity index (χ1v) is 6.02. The summed E-state index contributed by atoms with van der Waals surface area (Å²) in [5, 5.41) is 13.2. The van der Waals surface area contributed by atoms with E-state index >= 15 is 0 Å². The second-order valence-electron chi connectivity index (χ2n) is 5.41. The second kappa shape index (κ2) is 4.78. The lowest BCUT2D eigenvalue weighted by Gasteiger charge is -2.38. The summed E-state index contributed by atoms with van der Waals surface area (Å²) in [6.45, 7) is 6.77. The summed E-state index contributed by atoms with van der Waals surface area (Å²) in [4.78, 5) is 12.1. The van der Waals surface area contributed by atoms with Crippen molar-refractivity contribution in [2.75, 3.05) is 5.73 Å². The van der Waals surface area contributed by atoms with Crippen LogP contribution in [0.5, 0.6) is 0 Å². The lowest BCUT2D eigenvalue weighted by atomic mass is 9.85. The average molecular weight is 271 g/mol. The molecule has 18 heavy (non-hydrogen) atoms. The van der Waals surface area contributed by atoms with Crippen molar-refractivity contribution in [2.24, 2.45) is 0 Å². The van der Waals surface area contributed by atoms with Gasteiger partial charge in [-0.15, -0.1) is 0 Å². The highest BCUT2D eigenvalue weighted by molar-refractivity contribution is 6.31. The molecule has 0 unspecified atom stereocenters. The van der Waals surface area contributed by atoms with E-state index in [4.69, 9.17) is 17.3 Å². The summed E-state index contributed by atoms with van der Waals surface area (Å²) < 4.78 is 0. The second-order valence-corrected chi connectivity index (χ2v) is 5.85. The van der Waals surface area contributed by atoms with Gasteiger partial charge >= 0.3 is 0 Å². The molecule has 0 fully saturated rings. The van der Waals surface area contributed by atoms with E-state index in [0.29, 0.717) is 16.3 Å². The highest BCUT2D eigenvalue weighted by atomic mass is 35.5. The number of hydrogen-bond donors (Lipinski definition) is 3. The maximum Gasteiger partial charge on any atom is 0.251 e. The van der Waals surface area contributed by atoms with Crippen molar-refractivity contribution >= 4 is 23.2 Å². The Morgan fingerprint density at radius 2 is 1.83 bits per heavy atom. The molecule has 5 heteroatoms. The van der Waals surface area contributed by atoms with Gasteiger partial charge in [-0.25, -0.2) is 0 Å². The van der Waals surface area contributed by atoms with Gasteiger partial charge in [-0.05, 0) is 45.9 Å². The number of carbonyl (C=O) groups is 1. The smallest absolute Gasteiger partial charge is 0.251 e. The fourth-order valence-corrected chi connectivity index (χ4v) is 1.50. The summed E-state index contributed by atoms with van der Waals surface area (Å²) >= 11 is 5.85. The molecular formula is C13H19ClN2O2. The van der Waals surface area contributed by atoms with E-state index in [1.54, 1.807) is 39.8 Å². The number of nitrogen functional groups attached to an aromatic ring is 1. The molecule has 0 spiro atoms. The third-order valence-electron chi connectivity index (χ3n) is 3.14. The number of nitrogens with one attached hydrogen (secondary N) is 1. The van der Waals surface area contributed by atoms with Gasteiger partial charge < -0.3 is 16.2 Å². The predicted molar refractivity (Wildman–Crippen MR) is 73.7 cm³/mol. The van der Waals surface area contributed by atoms with Crippen LogP contribution in [-0.4, -0.2) is 22.2 Å². The molecule has 0 heterocycles. The standard InChI is InChI=1S/C13H19ClN2O2/c1-12(2,13(3,4)18)16-11(17)8-5-9(14)7-10(15)6-8/h5-7,18H,15H2,1-4H3,(H,16,17). The normalized spacial score (nSPS) is 12.3. The minimum absolute atomic E-state index is 0.323. The van der Waals surface area contributed by atoms with E-state index in [2.05, 4.69) is 5.32 Å². The van der Waals surface area contributed by atoms with E-state index in [9.17, 15) is 9.90 Å². The number of anilines is 1. The van der Waals surface area contributed by atoms with Crippen molar-refractivity contribution in [1.82, 2.24) is 5.32 Å². The summed E-state index contributed by atoms with van der Waals surface area (Å²) in [6.07, 6.45) is 0. The van der Waals surface area contributed by atoms with Crippen LogP contribution in [0.3, 0.4) is 0 Å². The van der Waals surface area contributed by atoms with Crippen LogP contribution in [0.15, 0.2) is 18.2 Å². The third-order valence-corrected chi connectivity index (χ3v) is 3.36. The van der Waals surface area contributed by atoms with Gasteiger partial charge in [0.2, 0.25) is 0 Å². The lowest BCUT2D eigenvalue weighted by Crippen LogP contribution is -2.57. The zero-order valence-electron chi connectivity index (χ0n) is 11.0. The van der Waals surface area contributed by atoms with Crippen molar-refractivity contribution in [3.8, 4) is 0 Å². The molecule has 1 rings (SSSR count). The van der Waals surface area contributed by atoms with E-state index in [1.807, 2.05) is 0 Å². The van der Waals surface area contributed by atoms with Gasteiger partial charge in [0.15, 0.2) is 0 Å². The molecule has 0 aliphatic rings.